The van der Waals surface area contributed by atoms with E-state index in [2.05, 4.69) is 13.8 Å². The summed E-state index contributed by atoms with van der Waals surface area (Å²) in [5.74, 6) is 0.650. The third-order valence-corrected chi connectivity index (χ3v) is 3.49. The van der Waals surface area contributed by atoms with Gasteiger partial charge in [0, 0.05) is 19.2 Å². The Labute approximate surface area is 112 Å². The van der Waals surface area contributed by atoms with Gasteiger partial charge in [0.1, 0.15) is 5.56 Å². The van der Waals surface area contributed by atoms with Gasteiger partial charge in [-0.15, -0.1) is 0 Å². The normalized spacial score (nSPS) is 23.2. The Morgan fingerprint density at radius 1 is 1.26 bits per heavy atom. The van der Waals surface area contributed by atoms with Crippen molar-refractivity contribution in [3.8, 4) is 0 Å². The molecule has 0 aliphatic carbocycles. The minimum absolute atomic E-state index is 0.113. The van der Waals surface area contributed by atoms with Crippen molar-refractivity contribution in [2.45, 2.75) is 20.3 Å². The van der Waals surface area contributed by atoms with E-state index in [1.165, 1.54) is 12.1 Å². The number of hydrogen-bond acceptors (Lipinski definition) is 3. The van der Waals surface area contributed by atoms with E-state index in [-0.39, 0.29) is 17.2 Å². The number of likely N-dealkylation sites (tertiary alicyclic amines) is 1. The highest BCUT2D eigenvalue weighted by Crippen LogP contribution is 2.25. The first kappa shape index (κ1) is 13.5. The summed E-state index contributed by atoms with van der Waals surface area (Å²) in [7, 11) is 0. The van der Waals surface area contributed by atoms with E-state index in [0.717, 1.165) is 6.42 Å². The average Bonchev–Trinajstić information content (AvgIpc) is 2.36. The van der Waals surface area contributed by atoms with Crippen LogP contribution in [0.1, 0.15) is 30.6 Å². The Morgan fingerprint density at radius 2 is 1.84 bits per heavy atom. The third-order valence-electron chi connectivity index (χ3n) is 3.49. The number of carbonyl (C=O) groups excluding carboxylic acids is 1. The standard InChI is InChI=1S/C14H18N2O3/c1-10-7-11(2)9-15(8-10)14(17)12-5-3-4-6-13(12)16(18)19/h3-6,10-11H,7-9H2,1-2H3/t10-,11+. The largest absolute Gasteiger partial charge is 0.338 e. The molecule has 0 unspecified atom stereocenters. The Kier molecular flexibility index (Phi) is 3.83. The van der Waals surface area contributed by atoms with E-state index in [1.54, 1.807) is 17.0 Å². The van der Waals surface area contributed by atoms with Crippen molar-refractivity contribution in [2.75, 3.05) is 13.1 Å². The van der Waals surface area contributed by atoms with Gasteiger partial charge in [-0.25, -0.2) is 0 Å². The molecule has 1 aliphatic rings. The van der Waals surface area contributed by atoms with Crippen LogP contribution < -0.4 is 0 Å². The van der Waals surface area contributed by atoms with Crippen LogP contribution in [0.5, 0.6) is 0 Å². The van der Waals surface area contributed by atoms with E-state index < -0.39 is 4.92 Å². The number of nitro benzene ring substituents is 1. The van der Waals surface area contributed by atoms with Crippen molar-refractivity contribution in [1.82, 2.24) is 4.90 Å². The molecule has 5 heteroatoms. The zero-order valence-electron chi connectivity index (χ0n) is 11.2. The van der Waals surface area contributed by atoms with Crippen LogP contribution in [0.25, 0.3) is 0 Å². The monoisotopic (exact) mass is 262 g/mol. The molecule has 0 bridgehead atoms. The van der Waals surface area contributed by atoms with E-state index >= 15 is 0 Å². The van der Waals surface area contributed by atoms with E-state index in [9.17, 15) is 14.9 Å². The minimum Gasteiger partial charge on any atom is -0.338 e. The molecule has 2 rings (SSSR count). The van der Waals surface area contributed by atoms with Gasteiger partial charge in [-0.05, 0) is 24.3 Å². The molecule has 19 heavy (non-hydrogen) atoms. The van der Waals surface area contributed by atoms with Crippen molar-refractivity contribution < 1.29 is 9.72 Å². The lowest BCUT2D eigenvalue weighted by Crippen LogP contribution is -2.42. The molecule has 5 nitrogen and oxygen atoms in total. The fourth-order valence-corrected chi connectivity index (χ4v) is 2.81. The van der Waals surface area contributed by atoms with Gasteiger partial charge >= 0.3 is 0 Å². The van der Waals surface area contributed by atoms with Crippen molar-refractivity contribution in [3.63, 3.8) is 0 Å². The van der Waals surface area contributed by atoms with Crippen LogP contribution in [-0.4, -0.2) is 28.8 Å². The van der Waals surface area contributed by atoms with Crippen LogP contribution in [0.2, 0.25) is 0 Å². The fourth-order valence-electron chi connectivity index (χ4n) is 2.81. The molecule has 102 valence electrons. The van der Waals surface area contributed by atoms with Crippen LogP contribution in [0, 0.1) is 22.0 Å². The van der Waals surface area contributed by atoms with Gasteiger partial charge in [0.15, 0.2) is 0 Å². The Hall–Kier alpha value is -1.91. The number of rotatable bonds is 2. The van der Waals surface area contributed by atoms with Crippen molar-refractivity contribution >= 4 is 11.6 Å². The van der Waals surface area contributed by atoms with Gasteiger partial charge in [0.05, 0.1) is 4.92 Å². The number of carbonyl (C=O) groups is 1. The Balaban J connectivity index is 2.27. The van der Waals surface area contributed by atoms with Gasteiger partial charge in [-0.3, -0.25) is 14.9 Å². The summed E-state index contributed by atoms with van der Waals surface area (Å²) in [4.78, 5) is 24.7. The second-order valence-electron chi connectivity index (χ2n) is 5.43. The molecule has 0 N–H and O–H groups in total. The summed E-state index contributed by atoms with van der Waals surface area (Å²) in [6.07, 6.45) is 1.10. The molecule has 1 amide bonds. The molecule has 1 aromatic carbocycles. The molecule has 1 aromatic rings. The van der Waals surface area contributed by atoms with Crippen LogP contribution in [-0.2, 0) is 0 Å². The van der Waals surface area contributed by atoms with Crippen molar-refractivity contribution in [1.29, 1.82) is 0 Å². The first-order chi connectivity index (χ1) is 8.99. The molecule has 1 aliphatic heterocycles. The lowest BCUT2D eigenvalue weighted by atomic mass is 9.91. The maximum absolute atomic E-state index is 12.4. The lowest BCUT2D eigenvalue weighted by molar-refractivity contribution is -0.385. The number of hydrogen-bond donors (Lipinski definition) is 0. The Bertz CT molecular complexity index is 491. The van der Waals surface area contributed by atoms with Gasteiger partial charge in [0.2, 0.25) is 0 Å². The van der Waals surface area contributed by atoms with Crippen molar-refractivity contribution in [2.24, 2.45) is 11.8 Å². The fraction of sp³-hybridized carbons (Fsp3) is 0.500. The first-order valence-corrected chi connectivity index (χ1v) is 6.51. The summed E-state index contributed by atoms with van der Waals surface area (Å²) in [5, 5.41) is 11.0. The summed E-state index contributed by atoms with van der Waals surface area (Å²) >= 11 is 0. The maximum atomic E-state index is 12.4. The smallest absolute Gasteiger partial charge is 0.282 e. The van der Waals surface area contributed by atoms with Gasteiger partial charge in [-0.2, -0.15) is 0 Å². The molecular weight excluding hydrogens is 244 g/mol. The van der Waals surface area contributed by atoms with Gasteiger partial charge in [0.25, 0.3) is 11.6 Å². The second kappa shape index (κ2) is 5.38. The van der Waals surface area contributed by atoms with Gasteiger partial charge in [-0.1, -0.05) is 26.0 Å². The number of para-hydroxylation sites is 1. The van der Waals surface area contributed by atoms with E-state index in [4.69, 9.17) is 0 Å². The number of nitrogens with zero attached hydrogens (tertiary/aromatic N) is 2. The molecule has 1 heterocycles. The summed E-state index contributed by atoms with van der Waals surface area (Å²) in [5.41, 5.74) is 0.0761. The topological polar surface area (TPSA) is 63.5 Å². The third kappa shape index (κ3) is 2.92. The molecule has 0 saturated carbocycles. The number of piperidine rings is 1. The predicted molar refractivity (Wildman–Crippen MR) is 71.9 cm³/mol. The van der Waals surface area contributed by atoms with Crippen LogP contribution in [0.3, 0.4) is 0 Å². The first-order valence-electron chi connectivity index (χ1n) is 6.51. The molecule has 2 atom stereocenters. The maximum Gasteiger partial charge on any atom is 0.282 e. The molecular formula is C14H18N2O3. The molecule has 1 fully saturated rings. The Morgan fingerprint density at radius 3 is 2.42 bits per heavy atom. The predicted octanol–water partition coefficient (Wildman–Crippen LogP) is 2.71. The van der Waals surface area contributed by atoms with Crippen LogP contribution in [0.4, 0.5) is 5.69 Å². The zero-order valence-corrected chi connectivity index (χ0v) is 11.2. The SMILES string of the molecule is C[C@@H]1C[C@H](C)CN(C(=O)c2ccccc2[N+](=O)[O-])C1. The highest BCUT2D eigenvalue weighted by molar-refractivity contribution is 5.98. The highest BCUT2D eigenvalue weighted by Gasteiger charge is 2.29. The van der Waals surface area contributed by atoms with Gasteiger partial charge < -0.3 is 4.90 Å². The minimum atomic E-state index is -0.496. The molecule has 0 radical (unpaired) electrons. The van der Waals surface area contributed by atoms with E-state index in [0.29, 0.717) is 24.9 Å². The lowest BCUT2D eigenvalue weighted by Gasteiger charge is -2.34. The molecule has 1 saturated heterocycles. The van der Waals surface area contributed by atoms with E-state index in [1.807, 2.05) is 0 Å². The highest BCUT2D eigenvalue weighted by atomic mass is 16.6. The number of nitro groups is 1. The second-order valence-corrected chi connectivity index (χ2v) is 5.43. The van der Waals surface area contributed by atoms with Crippen LogP contribution >= 0.6 is 0 Å². The number of benzene rings is 1. The number of amides is 1. The summed E-state index contributed by atoms with van der Waals surface area (Å²) in [6.45, 7) is 5.56. The van der Waals surface area contributed by atoms with Crippen molar-refractivity contribution in [3.05, 3.63) is 39.9 Å². The summed E-state index contributed by atoms with van der Waals surface area (Å²) in [6, 6.07) is 6.15. The zero-order chi connectivity index (χ0) is 14.0. The van der Waals surface area contributed by atoms with Crippen LogP contribution in [0.15, 0.2) is 24.3 Å². The molecule has 0 spiro atoms. The average molecular weight is 262 g/mol. The summed E-state index contributed by atoms with van der Waals surface area (Å²) < 4.78 is 0. The quantitative estimate of drug-likeness (QED) is 0.608. The molecule has 0 aromatic heterocycles.